The molecule has 0 unspecified atom stereocenters. The van der Waals surface area contributed by atoms with E-state index in [0.29, 0.717) is 46.6 Å². The second kappa shape index (κ2) is 10.3. The van der Waals surface area contributed by atoms with E-state index in [0.717, 1.165) is 29.0 Å². The molecule has 1 aromatic carbocycles. The predicted octanol–water partition coefficient (Wildman–Crippen LogP) is 4.79. The number of ether oxygens (including phenoxy) is 2. The number of methoxy groups -OCH3 is 1. The minimum absolute atomic E-state index is 0.0677. The van der Waals surface area contributed by atoms with Gasteiger partial charge in [-0.2, -0.15) is 0 Å². The number of aromatic nitrogens is 3. The predicted molar refractivity (Wildman–Crippen MR) is 122 cm³/mol. The van der Waals surface area contributed by atoms with E-state index in [-0.39, 0.29) is 5.56 Å². The number of rotatable bonds is 9. The average molecular weight is 448 g/mol. The van der Waals surface area contributed by atoms with Crippen molar-refractivity contribution in [1.29, 1.82) is 0 Å². The Balaban J connectivity index is 1.95. The van der Waals surface area contributed by atoms with Crippen LogP contribution in [-0.2, 0) is 17.0 Å². The maximum atomic E-state index is 13.1. The molecule has 2 heterocycles. The molecule has 3 aromatic rings. The molecule has 0 atom stereocenters. The molecule has 8 heteroatoms. The fraction of sp³-hybridized carbons (Fsp3) is 0.409. The van der Waals surface area contributed by atoms with E-state index in [2.05, 4.69) is 4.98 Å². The number of halogens is 1. The van der Waals surface area contributed by atoms with Crippen molar-refractivity contribution in [3.8, 4) is 5.75 Å². The largest absolute Gasteiger partial charge is 0.496 e. The zero-order chi connectivity index (χ0) is 21.7. The summed E-state index contributed by atoms with van der Waals surface area (Å²) in [5, 5.41) is 1.76. The molecular formula is C22H26ClN3O3S. The lowest BCUT2D eigenvalue weighted by Crippen LogP contribution is -2.24. The molecule has 0 saturated carbocycles. The Bertz CT molecular complexity index is 1100. The normalized spacial score (nSPS) is 11.2. The Labute approximate surface area is 185 Å². The summed E-state index contributed by atoms with van der Waals surface area (Å²) in [7, 11) is 1.66. The number of benzene rings is 1. The third-order valence-corrected chi connectivity index (χ3v) is 6.07. The number of aryl methyl sites for hydroxylation is 1. The molecule has 0 N–H and O–H groups in total. The Morgan fingerprint density at radius 2 is 2.07 bits per heavy atom. The van der Waals surface area contributed by atoms with Crippen LogP contribution >= 0.6 is 23.4 Å². The number of fused-ring (bicyclic) bond motifs is 1. The van der Waals surface area contributed by atoms with Crippen molar-refractivity contribution in [3.05, 3.63) is 56.6 Å². The number of hydrogen-bond donors (Lipinski definition) is 0. The molecule has 0 saturated heterocycles. The van der Waals surface area contributed by atoms with Crippen molar-refractivity contribution in [1.82, 2.24) is 14.5 Å². The van der Waals surface area contributed by atoms with E-state index in [4.69, 9.17) is 26.1 Å². The van der Waals surface area contributed by atoms with Gasteiger partial charge >= 0.3 is 0 Å². The van der Waals surface area contributed by atoms with Crippen LogP contribution in [0.5, 0.6) is 5.75 Å². The average Bonchev–Trinajstić information content (AvgIpc) is 2.72. The molecule has 0 spiro atoms. The summed E-state index contributed by atoms with van der Waals surface area (Å²) in [5.41, 5.74) is 3.43. The van der Waals surface area contributed by atoms with Crippen molar-refractivity contribution >= 4 is 34.3 Å². The standard InChI is InChI=1S/C22H26ClN3O3S/c1-5-29-10-6-9-26-21(27)17-8-7-16(23)11-18(17)25-22(26)30-13-19-15(3)20(28-4)14(2)12-24-19/h7-8,11-12H,5-6,9-10,13H2,1-4H3. The van der Waals surface area contributed by atoms with Gasteiger partial charge in [-0.15, -0.1) is 0 Å². The van der Waals surface area contributed by atoms with E-state index >= 15 is 0 Å². The highest BCUT2D eigenvalue weighted by molar-refractivity contribution is 7.98. The van der Waals surface area contributed by atoms with Crippen LogP contribution in [0.2, 0.25) is 5.02 Å². The third-order valence-electron chi connectivity index (χ3n) is 4.84. The van der Waals surface area contributed by atoms with Crippen molar-refractivity contribution in [3.63, 3.8) is 0 Å². The van der Waals surface area contributed by atoms with Gasteiger partial charge in [0, 0.05) is 47.9 Å². The first-order chi connectivity index (χ1) is 14.5. The van der Waals surface area contributed by atoms with Gasteiger partial charge in [-0.05, 0) is 45.4 Å². The molecule has 6 nitrogen and oxygen atoms in total. The Morgan fingerprint density at radius 3 is 2.80 bits per heavy atom. The molecular weight excluding hydrogens is 422 g/mol. The summed E-state index contributed by atoms with van der Waals surface area (Å²) in [6.45, 7) is 7.72. The molecule has 3 rings (SSSR count). The fourth-order valence-electron chi connectivity index (χ4n) is 3.30. The minimum Gasteiger partial charge on any atom is -0.496 e. The highest BCUT2D eigenvalue weighted by atomic mass is 35.5. The maximum absolute atomic E-state index is 13.1. The first-order valence-corrected chi connectivity index (χ1v) is 11.2. The SMILES string of the molecule is CCOCCCn1c(SCc2ncc(C)c(OC)c2C)nc2cc(Cl)ccc2c1=O. The molecule has 0 aliphatic carbocycles. The zero-order valence-electron chi connectivity index (χ0n) is 17.7. The number of nitrogens with zero attached hydrogens (tertiary/aromatic N) is 3. The summed E-state index contributed by atoms with van der Waals surface area (Å²) in [6, 6.07) is 5.18. The number of hydrogen-bond acceptors (Lipinski definition) is 6. The van der Waals surface area contributed by atoms with E-state index in [1.54, 1.807) is 29.9 Å². The monoisotopic (exact) mass is 447 g/mol. The second-order valence-corrected chi connectivity index (χ2v) is 8.28. The van der Waals surface area contributed by atoms with Crippen LogP contribution in [0.15, 0.2) is 34.3 Å². The van der Waals surface area contributed by atoms with Crippen LogP contribution in [0.1, 0.15) is 30.2 Å². The van der Waals surface area contributed by atoms with Crippen LogP contribution in [0.25, 0.3) is 10.9 Å². The third kappa shape index (κ3) is 4.96. The number of pyridine rings is 1. The van der Waals surface area contributed by atoms with Crippen molar-refractivity contribution < 1.29 is 9.47 Å². The summed E-state index contributed by atoms with van der Waals surface area (Å²) in [5.74, 6) is 1.42. The lowest BCUT2D eigenvalue weighted by Gasteiger charge is -2.15. The van der Waals surface area contributed by atoms with Crippen molar-refractivity contribution in [2.45, 2.75) is 44.6 Å². The summed E-state index contributed by atoms with van der Waals surface area (Å²) in [6.07, 6.45) is 2.54. The first-order valence-electron chi connectivity index (χ1n) is 9.86. The topological polar surface area (TPSA) is 66.2 Å². The highest BCUT2D eigenvalue weighted by Crippen LogP contribution is 2.29. The lowest BCUT2D eigenvalue weighted by atomic mass is 10.1. The summed E-state index contributed by atoms with van der Waals surface area (Å²) in [4.78, 5) is 22.4. The Hall–Kier alpha value is -2.09. The zero-order valence-corrected chi connectivity index (χ0v) is 19.3. The quantitative estimate of drug-likeness (QED) is 0.267. The van der Waals surface area contributed by atoms with E-state index < -0.39 is 0 Å². The smallest absolute Gasteiger partial charge is 0.262 e. The van der Waals surface area contributed by atoms with Gasteiger partial charge in [-0.1, -0.05) is 23.4 Å². The molecule has 0 aliphatic rings. The molecule has 0 aliphatic heterocycles. The molecule has 0 radical (unpaired) electrons. The van der Waals surface area contributed by atoms with Gasteiger partial charge in [0.1, 0.15) is 5.75 Å². The van der Waals surface area contributed by atoms with Gasteiger partial charge in [-0.3, -0.25) is 14.3 Å². The van der Waals surface area contributed by atoms with Crippen molar-refractivity contribution in [2.24, 2.45) is 0 Å². The number of thioether (sulfide) groups is 1. The van der Waals surface area contributed by atoms with Gasteiger partial charge < -0.3 is 9.47 Å². The van der Waals surface area contributed by atoms with Gasteiger partial charge in [0.25, 0.3) is 5.56 Å². The van der Waals surface area contributed by atoms with Crippen LogP contribution in [0.4, 0.5) is 0 Å². The van der Waals surface area contributed by atoms with Crippen LogP contribution in [0, 0.1) is 13.8 Å². The second-order valence-electron chi connectivity index (χ2n) is 6.90. The molecule has 30 heavy (non-hydrogen) atoms. The van der Waals surface area contributed by atoms with Gasteiger partial charge in [0.05, 0.1) is 23.7 Å². The van der Waals surface area contributed by atoms with Gasteiger partial charge in [0.2, 0.25) is 0 Å². The van der Waals surface area contributed by atoms with Crippen LogP contribution in [-0.4, -0.2) is 34.9 Å². The Morgan fingerprint density at radius 1 is 1.27 bits per heavy atom. The van der Waals surface area contributed by atoms with E-state index in [1.807, 2.05) is 27.0 Å². The van der Waals surface area contributed by atoms with E-state index in [1.165, 1.54) is 11.8 Å². The maximum Gasteiger partial charge on any atom is 0.262 e. The minimum atomic E-state index is -0.0677. The first kappa shape index (κ1) is 22.6. The highest BCUT2D eigenvalue weighted by Gasteiger charge is 2.15. The van der Waals surface area contributed by atoms with Crippen LogP contribution < -0.4 is 10.3 Å². The summed E-state index contributed by atoms with van der Waals surface area (Å²) >= 11 is 7.62. The molecule has 0 fully saturated rings. The molecule has 2 aromatic heterocycles. The summed E-state index contributed by atoms with van der Waals surface area (Å²) < 4.78 is 12.7. The fourth-order valence-corrected chi connectivity index (χ4v) is 4.52. The van der Waals surface area contributed by atoms with E-state index in [9.17, 15) is 4.79 Å². The van der Waals surface area contributed by atoms with Gasteiger partial charge in [0.15, 0.2) is 5.16 Å². The molecule has 160 valence electrons. The molecule has 0 bridgehead atoms. The van der Waals surface area contributed by atoms with Gasteiger partial charge in [-0.25, -0.2) is 4.98 Å². The Kier molecular flexibility index (Phi) is 7.75. The van der Waals surface area contributed by atoms with Crippen LogP contribution in [0.3, 0.4) is 0 Å². The molecule has 0 amide bonds. The lowest BCUT2D eigenvalue weighted by molar-refractivity contribution is 0.140. The van der Waals surface area contributed by atoms with Crippen molar-refractivity contribution in [2.75, 3.05) is 20.3 Å².